The molecule has 4 aromatic rings. The van der Waals surface area contributed by atoms with Crippen LogP contribution < -0.4 is 14.8 Å². The summed E-state index contributed by atoms with van der Waals surface area (Å²) in [6.45, 7) is 2.17. The summed E-state index contributed by atoms with van der Waals surface area (Å²) in [6, 6.07) is 18.7. The van der Waals surface area contributed by atoms with Crippen LogP contribution in [0.5, 0.6) is 11.5 Å². The van der Waals surface area contributed by atoms with E-state index in [4.69, 9.17) is 14.5 Å². The molecule has 2 aromatic heterocycles. The minimum Gasteiger partial charge on any atom is -0.454 e. The van der Waals surface area contributed by atoms with Gasteiger partial charge in [0, 0.05) is 23.3 Å². The highest BCUT2D eigenvalue weighted by Gasteiger charge is 2.19. The first-order valence-corrected chi connectivity index (χ1v) is 9.69. The second-order valence-electron chi connectivity index (χ2n) is 7.12. The van der Waals surface area contributed by atoms with Crippen LogP contribution in [-0.2, 0) is 0 Å². The highest BCUT2D eigenvalue weighted by Crippen LogP contribution is 2.34. The van der Waals surface area contributed by atoms with Crippen LogP contribution in [-0.4, -0.2) is 22.7 Å². The fourth-order valence-electron chi connectivity index (χ4n) is 3.57. The molecule has 6 heteroatoms. The molecule has 0 aliphatic carbocycles. The van der Waals surface area contributed by atoms with E-state index in [0.717, 1.165) is 27.8 Å². The van der Waals surface area contributed by atoms with Crippen LogP contribution in [0.4, 0.5) is 0 Å². The molecule has 3 heterocycles. The van der Waals surface area contributed by atoms with Crippen molar-refractivity contribution in [2.45, 2.75) is 13.0 Å². The van der Waals surface area contributed by atoms with Crippen molar-refractivity contribution in [3.8, 4) is 22.8 Å². The highest BCUT2D eigenvalue weighted by atomic mass is 16.7. The highest BCUT2D eigenvalue weighted by molar-refractivity contribution is 6.07. The Morgan fingerprint density at radius 2 is 1.90 bits per heavy atom. The van der Waals surface area contributed by atoms with E-state index in [1.165, 1.54) is 0 Å². The minimum atomic E-state index is -0.208. The average Bonchev–Trinajstić information content (AvgIpc) is 3.27. The van der Waals surface area contributed by atoms with Crippen molar-refractivity contribution in [1.82, 2.24) is 15.3 Å². The maximum absolute atomic E-state index is 13.2. The summed E-state index contributed by atoms with van der Waals surface area (Å²) in [5.41, 5.74) is 3.86. The number of fused-ring (bicyclic) bond motifs is 2. The lowest BCUT2D eigenvalue weighted by Crippen LogP contribution is -2.27. The van der Waals surface area contributed by atoms with Crippen LogP contribution in [0.25, 0.3) is 22.2 Å². The maximum atomic E-state index is 13.2. The third kappa shape index (κ3) is 3.33. The molecule has 6 nitrogen and oxygen atoms in total. The van der Waals surface area contributed by atoms with Crippen molar-refractivity contribution in [3.05, 3.63) is 84.2 Å². The number of aromatic nitrogens is 2. The molecule has 0 radical (unpaired) electrons. The molecule has 0 bridgehead atoms. The number of nitrogens with zero attached hydrogens (tertiary/aromatic N) is 2. The fourth-order valence-corrected chi connectivity index (χ4v) is 3.57. The molecular formula is C24H19N3O3. The van der Waals surface area contributed by atoms with E-state index in [1.807, 2.05) is 67.6 Å². The molecule has 1 amide bonds. The number of hydrogen-bond acceptors (Lipinski definition) is 5. The van der Waals surface area contributed by atoms with Gasteiger partial charge in [-0.1, -0.05) is 24.3 Å². The van der Waals surface area contributed by atoms with E-state index >= 15 is 0 Å². The summed E-state index contributed by atoms with van der Waals surface area (Å²) in [5.74, 6) is 1.25. The van der Waals surface area contributed by atoms with Gasteiger partial charge in [-0.05, 0) is 48.9 Å². The van der Waals surface area contributed by atoms with Crippen LogP contribution in [0.2, 0.25) is 0 Å². The summed E-state index contributed by atoms with van der Waals surface area (Å²) in [6.07, 6.45) is 3.46. The Bertz CT molecular complexity index is 1240. The van der Waals surface area contributed by atoms with Gasteiger partial charge >= 0.3 is 0 Å². The Morgan fingerprint density at radius 1 is 1.03 bits per heavy atom. The van der Waals surface area contributed by atoms with Crippen molar-refractivity contribution in [2.75, 3.05) is 6.79 Å². The summed E-state index contributed by atoms with van der Waals surface area (Å²) in [5, 5.41) is 3.90. The molecule has 1 unspecified atom stereocenters. The van der Waals surface area contributed by atoms with Gasteiger partial charge in [0.25, 0.3) is 5.91 Å². The molecule has 1 N–H and O–H groups in total. The number of benzene rings is 2. The summed E-state index contributed by atoms with van der Waals surface area (Å²) in [7, 11) is 0. The Labute approximate surface area is 173 Å². The molecule has 1 aliphatic heterocycles. The Kier molecular flexibility index (Phi) is 4.52. The van der Waals surface area contributed by atoms with Gasteiger partial charge in [-0.25, -0.2) is 4.98 Å². The Morgan fingerprint density at radius 3 is 2.77 bits per heavy atom. The molecule has 0 fully saturated rings. The number of nitrogens with one attached hydrogen (secondary N) is 1. The monoisotopic (exact) mass is 397 g/mol. The minimum absolute atomic E-state index is 0.163. The SMILES string of the molecule is CC(NC(=O)c1cc(-c2cccnc2)nc2ccccc12)c1ccc2c(c1)OCO2. The van der Waals surface area contributed by atoms with Crippen molar-refractivity contribution >= 4 is 16.8 Å². The molecule has 0 saturated heterocycles. The summed E-state index contributed by atoms with van der Waals surface area (Å²) in [4.78, 5) is 22.1. The molecule has 1 atom stereocenters. The zero-order valence-corrected chi connectivity index (χ0v) is 16.3. The second kappa shape index (κ2) is 7.48. The lowest BCUT2D eigenvalue weighted by Gasteiger charge is -2.16. The van der Waals surface area contributed by atoms with Gasteiger partial charge in [-0.3, -0.25) is 9.78 Å². The van der Waals surface area contributed by atoms with Gasteiger partial charge in [-0.2, -0.15) is 0 Å². The van der Waals surface area contributed by atoms with Crippen molar-refractivity contribution in [1.29, 1.82) is 0 Å². The number of carbonyl (C=O) groups excluding carboxylic acids is 1. The molecule has 2 aromatic carbocycles. The van der Waals surface area contributed by atoms with Crippen molar-refractivity contribution in [3.63, 3.8) is 0 Å². The lowest BCUT2D eigenvalue weighted by atomic mass is 10.0. The van der Waals surface area contributed by atoms with Crippen LogP contribution in [0.3, 0.4) is 0 Å². The largest absolute Gasteiger partial charge is 0.454 e. The molecule has 148 valence electrons. The number of hydrogen-bond donors (Lipinski definition) is 1. The number of carbonyl (C=O) groups is 1. The van der Waals surface area contributed by atoms with E-state index < -0.39 is 0 Å². The van der Waals surface area contributed by atoms with Gasteiger partial charge in [0.2, 0.25) is 6.79 Å². The summed E-state index contributed by atoms with van der Waals surface area (Å²) >= 11 is 0. The second-order valence-corrected chi connectivity index (χ2v) is 7.12. The topological polar surface area (TPSA) is 73.3 Å². The number of pyridine rings is 2. The number of amides is 1. The zero-order valence-electron chi connectivity index (χ0n) is 16.3. The lowest BCUT2D eigenvalue weighted by molar-refractivity contribution is 0.0941. The van der Waals surface area contributed by atoms with Gasteiger partial charge in [0.15, 0.2) is 11.5 Å². The third-order valence-corrected chi connectivity index (χ3v) is 5.16. The predicted octanol–water partition coefficient (Wildman–Crippen LogP) is 4.52. The van der Waals surface area contributed by atoms with Gasteiger partial charge in [-0.15, -0.1) is 0 Å². The van der Waals surface area contributed by atoms with Gasteiger partial charge in [0.05, 0.1) is 22.8 Å². The normalized spacial score (nSPS) is 13.2. The quantitative estimate of drug-likeness (QED) is 0.548. The number of para-hydroxylation sites is 1. The fraction of sp³-hybridized carbons (Fsp3) is 0.125. The zero-order chi connectivity index (χ0) is 20.5. The standard InChI is InChI=1S/C24H19N3O3/c1-15(16-8-9-22-23(11-16)30-14-29-22)26-24(28)19-12-21(17-5-4-10-25-13-17)27-20-7-3-2-6-18(19)20/h2-13,15H,14H2,1H3,(H,26,28). The van der Waals surface area contributed by atoms with E-state index in [2.05, 4.69) is 10.3 Å². The molecule has 0 spiro atoms. The van der Waals surface area contributed by atoms with E-state index in [-0.39, 0.29) is 18.7 Å². The maximum Gasteiger partial charge on any atom is 0.252 e. The molecule has 1 aliphatic rings. The average molecular weight is 397 g/mol. The first kappa shape index (κ1) is 18.1. The Hall–Kier alpha value is -3.93. The van der Waals surface area contributed by atoms with E-state index in [1.54, 1.807) is 12.4 Å². The van der Waals surface area contributed by atoms with Crippen molar-refractivity contribution in [2.24, 2.45) is 0 Å². The van der Waals surface area contributed by atoms with E-state index in [0.29, 0.717) is 17.0 Å². The Balaban J connectivity index is 1.49. The first-order valence-electron chi connectivity index (χ1n) is 9.69. The number of ether oxygens (including phenoxy) is 2. The van der Waals surface area contributed by atoms with Crippen LogP contribution in [0, 0.1) is 0 Å². The smallest absolute Gasteiger partial charge is 0.252 e. The summed E-state index contributed by atoms with van der Waals surface area (Å²) < 4.78 is 10.8. The predicted molar refractivity (Wildman–Crippen MR) is 113 cm³/mol. The number of rotatable bonds is 4. The first-order chi connectivity index (χ1) is 14.7. The molecule has 5 rings (SSSR count). The molecular weight excluding hydrogens is 378 g/mol. The molecule has 30 heavy (non-hydrogen) atoms. The van der Waals surface area contributed by atoms with Crippen molar-refractivity contribution < 1.29 is 14.3 Å². The van der Waals surface area contributed by atoms with Crippen LogP contribution in [0.1, 0.15) is 28.9 Å². The van der Waals surface area contributed by atoms with Gasteiger partial charge < -0.3 is 14.8 Å². The van der Waals surface area contributed by atoms with Crippen LogP contribution >= 0.6 is 0 Å². The van der Waals surface area contributed by atoms with Crippen LogP contribution in [0.15, 0.2) is 73.1 Å². The third-order valence-electron chi connectivity index (χ3n) is 5.16. The molecule has 0 saturated carbocycles. The van der Waals surface area contributed by atoms with E-state index in [9.17, 15) is 4.79 Å². The van der Waals surface area contributed by atoms with Gasteiger partial charge in [0.1, 0.15) is 0 Å².